The van der Waals surface area contributed by atoms with Crippen molar-refractivity contribution in [2.45, 2.75) is 24.2 Å². The summed E-state index contributed by atoms with van der Waals surface area (Å²) in [4.78, 5) is 21.3. The fraction of sp³-hybridized carbons (Fsp3) is 0.400. The van der Waals surface area contributed by atoms with E-state index in [1.807, 2.05) is 0 Å². The number of hydrogen-bond acceptors (Lipinski definition) is 5. The maximum Gasteiger partial charge on any atom is 0.433 e. The standard InChI is InChI=1S/C15H14F3N3O2S/c16-15(17,18)12-8-10(11-4-3-7-23-11)19-14(20-12)24-9-13(22)21-5-1-2-6-21/h3-4,7-8H,1-2,5-6,9H2. The van der Waals surface area contributed by atoms with Crippen molar-refractivity contribution in [3.63, 3.8) is 0 Å². The molecule has 1 aliphatic heterocycles. The Morgan fingerprint density at radius 3 is 2.67 bits per heavy atom. The average molecular weight is 357 g/mol. The number of alkyl halides is 3. The number of carbonyl (C=O) groups excluding carboxylic acids is 1. The van der Waals surface area contributed by atoms with Gasteiger partial charge in [-0.05, 0) is 31.0 Å². The van der Waals surface area contributed by atoms with E-state index in [1.165, 1.54) is 12.3 Å². The van der Waals surface area contributed by atoms with Gasteiger partial charge in [0, 0.05) is 13.1 Å². The monoisotopic (exact) mass is 357 g/mol. The van der Waals surface area contributed by atoms with Crippen molar-refractivity contribution in [2.75, 3.05) is 18.8 Å². The Balaban J connectivity index is 1.81. The van der Waals surface area contributed by atoms with Crippen molar-refractivity contribution >= 4 is 17.7 Å². The lowest BCUT2D eigenvalue weighted by Crippen LogP contribution is -2.29. The predicted octanol–water partition coefficient (Wildman–Crippen LogP) is 3.47. The van der Waals surface area contributed by atoms with E-state index in [-0.39, 0.29) is 28.3 Å². The van der Waals surface area contributed by atoms with Crippen LogP contribution >= 0.6 is 11.8 Å². The van der Waals surface area contributed by atoms with E-state index in [1.54, 1.807) is 11.0 Å². The first-order valence-corrected chi connectivity index (χ1v) is 8.33. The van der Waals surface area contributed by atoms with Crippen LogP contribution in [0.3, 0.4) is 0 Å². The van der Waals surface area contributed by atoms with Gasteiger partial charge in [-0.25, -0.2) is 9.97 Å². The molecule has 0 saturated carbocycles. The molecule has 1 fully saturated rings. The van der Waals surface area contributed by atoms with E-state index in [9.17, 15) is 18.0 Å². The minimum Gasteiger partial charge on any atom is -0.463 e. The minimum atomic E-state index is -4.60. The fourth-order valence-electron chi connectivity index (χ4n) is 2.37. The maximum absolute atomic E-state index is 13.0. The smallest absolute Gasteiger partial charge is 0.433 e. The Kier molecular flexibility index (Phi) is 4.79. The zero-order valence-corrected chi connectivity index (χ0v) is 13.4. The van der Waals surface area contributed by atoms with Crippen molar-refractivity contribution in [3.8, 4) is 11.5 Å². The van der Waals surface area contributed by atoms with Crippen LogP contribution in [0.5, 0.6) is 0 Å². The summed E-state index contributed by atoms with van der Waals surface area (Å²) in [5, 5.41) is -0.0937. The highest BCUT2D eigenvalue weighted by atomic mass is 32.2. The molecule has 0 N–H and O–H groups in total. The van der Waals surface area contributed by atoms with Crippen LogP contribution in [-0.2, 0) is 11.0 Å². The number of halogens is 3. The highest BCUT2D eigenvalue weighted by Crippen LogP contribution is 2.32. The van der Waals surface area contributed by atoms with Gasteiger partial charge in [0.15, 0.2) is 10.9 Å². The van der Waals surface area contributed by atoms with Gasteiger partial charge < -0.3 is 9.32 Å². The van der Waals surface area contributed by atoms with E-state index >= 15 is 0 Å². The molecule has 24 heavy (non-hydrogen) atoms. The molecule has 1 aliphatic rings. The lowest BCUT2D eigenvalue weighted by Gasteiger charge is -2.14. The van der Waals surface area contributed by atoms with E-state index in [0.717, 1.165) is 30.7 Å². The summed E-state index contributed by atoms with van der Waals surface area (Å²) in [7, 11) is 0. The summed E-state index contributed by atoms with van der Waals surface area (Å²) in [5.74, 6) is 0.118. The number of rotatable bonds is 4. The molecule has 0 aliphatic carbocycles. The highest BCUT2D eigenvalue weighted by molar-refractivity contribution is 7.99. The molecule has 0 spiro atoms. The van der Waals surface area contributed by atoms with Gasteiger partial charge in [-0.15, -0.1) is 0 Å². The molecule has 5 nitrogen and oxygen atoms in total. The first-order valence-electron chi connectivity index (χ1n) is 7.34. The first-order chi connectivity index (χ1) is 11.4. The molecule has 3 heterocycles. The summed E-state index contributed by atoms with van der Waals surface area (Å²) in [6.07, 6.45) is -1.33. The third kappa shape index (κ3) is 3.89. The second kappa shape index (κ2) is 6.84. The zero-order valence-electron chi connectivity index (χ0n) is 12.5. The fourth-order valence-corrected chi connectivity index (χ4v) is 3.13. The second-order valence-electron chi connectivity index (χ2n) is 5.27. The van der Waals surface area contributed by atoms with E-state index in [2.05, 4.69) is 9.97 Å². The van der Waals surface area contributed by atoms with E-state index in [4.69, 9.17) is 4.42 Å². The minimum absolute atomic E-state index is 0.0128. The molecule has 2 aromatic rings. The third-order valence-corrected chi connectivity index (χ3v) is 4.39. The summed E-state index contributed by atoms with van der Waals surface area (Å²) < 4.78 is 44.2. The number of aromatic nitrogens is 2. The van der Waals surface area contributed by atoms with Crippen LogP contribution in [0.1, 0.15) is 18.5 Å². The highest BCUT2D eigenvalue weighted by Gasteiger charge is 2.34. The summed E-state index contributed by atoms with van der Waals surface area (Å²) in [5.41, 5.74) is -1.02. The van der Waals surface area contributed by atoms with Gasteiger partial charge in [0.2, 0.25) is 5.91 Å². The number of nitrogens with zero attached hydrogens (tertiary/aromatic N) is 3. The molecule has 3 rings (SSSR count). The van der Waals surface area contributed by atoms with Crippen LogP contribution in [0, 0.1) is 0 Å². The molecule has 128 valence electrons. The van der Waals surface area contributed by atoms with Gasteiger partial charge in [-0.1, -0.05) is 11.8 Å². The Morgan fingerprint density at radius 1 is 1.29 bits per heavy atom. The van der Waals surface area contributed by atoms with Gasteiger partial charge in [0.1, 0.15) is 11.4 Å². The molecule has 0 bridgehead atoms. The number of likely N-dealkylation sites (tertiary alicyclic amines) is 1. The van der Waals surface area contributed by atoms with E-state index < -0.39 is 11.9 Å². The van der Waals surface area contributed by atoms with Crippen molar-refractivity contribution in [1.82, 2.24) is 14.9 Å². The van der Waals surface area contributed by atoms with Crippen LogP contribution in [-0.4, -0.2) is 39.6 Å². The SMILES string of the molecule is O=C(CSc1nc(-c2ccco2)cc(C(F)(F)F)n1)N1CCCC1. The lowest BCUT2D eigenvalue weighted by atomic mass is 10.2. The largest absolute Gasteiger partial charge is 0.463 e. The van der Waals surface area contributed by atoms with Crippen molar-refractivity contribution in [2.24, 2.45) is 0 Å². The average Bonchev–Trinajstić information content (AvgIpc) is 3.24. The second-order valence-corrected chi connectivity index (χ2v) is 6.22. The molecule has 0 atom stereocenters. The molecule has 2 aromatic heterocycles. The Bertz CT molecular complexity index is 713. The number of carbonyl (C=O) groups is 1. The topological polar surface area (TPSA) is 59.2 Å². The Morgan fingerprint density at radius 2 is 2.04 bits per heavy atom. The van der Waals surface area contributed by atoms with Gasteiger partial charge in [-0.2, -0.15) is 13.2 Å². The zero-order chi connectivity index (χ0) is 17.2. The van der Waals surface area contributed by atoms with Crippen LogP contribution in [0.15, 0.2) is 34.0 Å². The summed E-state index contributed by atoms with van der Waals surface area (Å²) in [6.45, 7) is 1.39. The number of hydrogen-bond donors (Lipinski definition) is 0. The molecule has 9 heteroatoms. The molecule has 1 saturated heterocycles. The van der Waals surface area contributed by atoms with Crippen molar-refractivity contribution in [3.05, 3.63) is 30.2 Å². The van der Waals surface area contributed by atoms with Gasteiger partial charge in [0.05, 0.1) is 12.0 Å². The number of thioether (sulfide) groups is 1. The predicted molar refractivity (Wildman–Crippen MR) is 81.3 cm³/mol. The maximum atomic E-state index is 13.0. The Labute approximate surface area is 140 Å². The number of furan rings is 1. The van der Waals surface area contributed by atoms with Gasteiger partial charge >= 0.3 is 6.18 Å². The van der Waals surface area contributed by atoms with Crippen molar-refractivity contribution < 1.29 is 22.4 Å². The van der Waals surface area contributed by atoms with Gasteiger partial charge in [0.25, 0.3) is 0 Å². The summed E-state index contributed by atoms with van der Waals surface area (Å²) >= 11 is 0.902. The molecule has 0 unspecified atom stereocenters. The van der Waals surface area contributed by atoms with Crippen molar-refractivity contribution in [1.29, 1.82) is 0 Å². The lowest BCUT2D eigenvalue weighted by molar-refractivity contribution is -0.141. The first kappa shape index (κ1) is 16.8. The molecule has 1 amide bonds. The summed E-state index contributed by atoms with van der Waals surface area (Å²) in [6, 6.07) is 3.92. The molecule has 0 radical (unpaired) electrons. The Hall–Kier alpha value is -2.03. The van der Waals surface area contributed by atoms with Crippen LogP contribution < -0.4 is 0 Å². The molecular weight excluding hydrogens is 343 g/mol. The normalized spacial score (nSPS) is 15.0. The quantitative estimate of drug-likeness (QED) is 0.619. The third-order valence-electron chi connectivity index (χ3n) is 3.55. The van der Waals surface area contributed by atoms with Crippen LogP contribution in [0.4, 0.5) is 13.2 Å². The number of amides is 1. The van der Waals surface area contributed by atoms with Crippen LogP contribution in [0.25, 0.3) is 11.5 Å². The molecular formula is C15H14F3N3O2S. The molecule has 0 aromatic carbocycles. The van der Waals surface area contributed by atoms with E-state index in [0.29, 0.717) is 13.1 Å². The van der Waals surface area contributed by atoms with Crippen LogP contribution in [0.2, 0.25) is 0 Å². The van der Waals surface area contributed by atoms with Gasteiger partial charge in [-0.3, -0.25) is 4.79 Å².